The van der Waals surface area contributed by atoms with Gasteiger partial charge in [0.2, 0.25) is 0 Å². The van der Waals surface area contributed by atoms with Crippen molar-refractivity contribution in [3.63, 3.8) is 0 Å². The molecule has 1 aliphatic rings. The van der Waals surface area contributed by atoms with Crippen LogP contribution in [0.5, 0.6) is 0 Å². The first-order chi connectivity index (χ1) is 7.50. The summed E-state index contributed by atoms with van der Waals surface area (Å²) in [5.74, 6) is 0.564. The summed E-state index contributed by atoms with van der Waals surface area (Å²) >= 11 is 3.27. The Morgan fingerprint density at radius 1 is 1.69 bits per heavy atom. The van der Waals surface area contributed by atoms with Crippen molar-refractivity contribution in [1.29, 1.82) is 0 Å². The molecule has 1 amide bonds. The highest BCUT2D eigenvalue weighted by Crippen LogP contribution is 2.50. The lowest BCUT2D eigenvalue weighted by Gasteiger charge is -2.07. The van der Waals surface area contributed by atoms with Crippen LogP contribution < -0.4 is 5.32 Å². The molecule has 86 valence electrons. The molecule has 0 saturated heterocycles. The molecule has 1 atom stereocenters. The van der Waals surface area contributed by atoms with Gasteiger partial charge in [0.1, 0.15) is 4.60 Å². The number of carbonyl (C=O) groups is 1. The molecule has 0 aromatic carbocycles. The molecule has 0 spiro atoms. The van der Waals surface area contributed by atoms with E-state index < -0.39 is 0 Å². The Balaban J connectivity index is 1.92. The highest BCUT2D eigenvalue weighted by atomic mass is 79.9. The summed E-state index contributed by atoms with van der Waals surface area (Å²) in [6.07, 6.45) is 2.85. The maximum atomic E-state index is 11.8. The van der Waals surface area contributed by atoms with E-state index in [-0.39, 0.29) is 5.91 Å². The monoisotopic (exact) mass is 282 g/mol. The average molecular weight is 283 g/mol. The first-order valence-corrected chi connectivity index (χ1v) is 6.19. The van der Waals surface area contributed by atoms with Crippen LogP contribution in [0.25, 0.3) is 0 Å². The fourth-order valence-corrected chi connectivity index (χ4v) is 2.22. The molecule has 1 unspecified atom stereocenters. The molecule has 0 radical (unpaired) electrons. The van der Waals surface area contributed by atoms with Crippen LogP contribution in [-0.4, -0.2) is 17.4 Å². The zero-order chi connectivity index (χ0) is 11.8. The average Bonchev–Trinajstić information content (AvgIpc) is 2.84. The Hall–Kier alpha value is -0.900. The van der Waals surface area contributed by atoms with Gasteiger partial charge in [-0.3, -0.25) is 4.79 Å². The van der Waals surface area contributed by atoms with Crippen LogP contribution >= 0.6 is 15.9 Å². The minimum atomic E-state index is -0.0531. The Morgan fingerprint density at radius 3 is 2.94 bits per heavy atom. The quantitative estimate of drug-likeness (QED) is 0.866. The lowest BCUT2D eigenvalue weighted by Crippen LogP contribution is -2.27. The van der Waals surface area contributed by atoms with Crippen molar-refractivity contribution < 1.29 is 4.79 Å². The molecule has 0 aliphatic heterocycles. The molecule has 1 aromatic heterocycles. The number of rotatable bonds is 3. The van der Waals surface area contributed by atoms with Gasteiger partial charge >= 0.3 is 0 Å². The highest BCUT2D eigenvalue weighted by Gasteiger charge is 2.45. The number of halogens is 1. The summed E-state index contributed by atoms with van der Waals surface area (Å²) in [5.41, 5.74) is 1.00. The molecule has 1 aliphatic carbocycles. The summed E-state index contributed by atoms with van der Waals surface area (Å²) in [7, 11) is 0. The van der Waals surface area contributed by atoms with Crippen molar-refractivity contribution in [1.82, 2.24) is 10.3 Å². The number of hydrogen-bond acceptors (Lipinski definition) is 2. The predicted octanol–water partition coefficient (Wildman–Crippen LogP) is 2.62. The van der Waals surface area contributed by atoms with Crippen LogP contribution in [0.1, 0.15) is 30.6 Å². The van der Waals surface area contributed by atoms with Crippen molar-refractivity contribution in [2.75, 3.05) is 6.54 Å². The van der Waals surface area contributed by atoms with Gasteiger partial charge in [-0.2, -0.15) is 0 Å². The van der Waals surface area contributed by atoms with Gasteiger partial charge in [0.05, 0.1) is 5.56 Å². The van der Waals surface area contributed by atoms with Gasteiger partial charge < -0.3 is 5.32 Å². The molecule has 1 fully saturated rings. The van der Waals surface area contributed by atoms with Gasteiger partial charge in [-0.1, -0.05) is 13.8 Å². The number of aromatic nitrogens is 1. The molecule has 1 aromatic rings. The van der Waals surface area contributed by atoms with Gasteiger partial charge in [-0.15, -0.1) is 0 Å². The van der Waals surface area contributed by atoms with Crippen LogP contribution in [0.15, 0.2) is 22.9 Å². The van der Waals surface area contributed by atoms with E-state index in [0.29, 0.717) is 21.5 Å². The van der Waals surface area contributed by atoms with E-state index in [9.17, 15) is 4.79 Å². The van der Waals surface area contributed by atoms with Gasteiger partial charge in [-0.05, 0) is 45.8 Å². The number of nitrogens with zero attached hydrogens (tertiary/aromatic N) is 1. The largest absolute Gasteiger partial charge is 0.352 e. The first kappa shape index (κ1) is 11.6. The molecule has 16 heavy (non-hydrogen) atoms. The van der Waals surface area contributed by atoms with E-state index >= 15 is 0 Å². The Morgan fingerprint density at radius 2 is 2.38 bits per heavy atom. The number of amides is 1. The second-order valence-corrected chi connectivity index (χ2v) is 5.69. The molecule has 4 heteroatoms. The first-order valence-electron chi connectivity index (χ1n) is 5.39. The standard InChI is InChI=1S/C12H15BrN2O/c1-12(2)6-8(12)7-15-11(16)9-4-3-5-14-10(9)13/h3-5,8H,6-7H2,1-2H3,(H,15,16). The van der Waals surface area contributed by atoms with Crippen molar-refractivity contribution in [2.45, 2.75) is 20.3 Å². The lowest BCUT2D eigenvalue weighted by molar-refractivity contribution is 0.0949. The summed E-state index contributed by atoms with van der Waals surface area (Å²) < 4.78 is 0.600. The minimum Gasteiger partial charge on any atom is -0.352 e. The number of hydrogen-bond donors (Lipinski definition) is 1. The van der Waals surface area contributed by atoms with Gasteiger partial charge in [-0.25, -0.2) is 4.98 Å². The summed E-state index contributed by atoms with van der Waals surface area (Å²) in [6, 6.07) is 3.53. The zero-order valence-electron chi connectivity index (χ0n) is 9.46. The number of pyridine rings is 1. The second kappa shape index (κ2) is 4.17. The van der Waals surface area contributed by atoms with Gasteiger partial charge in [0, 0.05) is 12.7 Å². The van der Waals surface area contributed by atoms with Crippen LogP contribution in [-0.2, 0) is 0 Å². The Labute approximate surface area is 104 Å². The molecular formula is C12H15BrN2O. The zero-order valence-corrected chi connectivity index (χ0v) is 11.0. The number of carbonyl (C=O) groups excluding carboxylic acids is 1. The summed E-state index contributed by atoms with van der Waals surface area (Å²) in [6.45, 7) is 5.21. The van der Waals surface area contributed by atoms with E-state index in [1.807, 2.05) is 0 Å². The lowest BCUT2D eigenvalue weighted by atomic mass is 10.1. The normalized spacial score (nSPS) is 21.6. The Kier molecular flexibility index (Phi) is 3.02. The van der Waals surface area contributed by atoms with Crippen LogP contribution in [0.3, 0.4) is 0 Å². The molecule has 2 rings (SSSR count). The second-order valence-electron chi connectivity index (χ2n) is 4.94. The molecular weight excluding hydrogens is 268 g/mol. The fraction of sp³-hybridized carbons (Fsp3) is 0.500. The third kappa shape index (κ3) is 2.43. The van der Waals surface area contributed by atoms with Crippen molar-refractivity contribution in [2.24, 2.45) is 11.3 Å². The molecule has 0 bridgehead atoms. The third-order valence-corrected chi connectivity index (χ3v) is 3.86. The SMILES string of the molecule is CC1(C)CC1CNC(=O)c1cccnc1Br. The van der Waals surface area contributed by atoms with E-state index in [0.717, 1.165) is 6.54 Å². The van der Waals surface area contributed by atoms with Crippen LogP contribution in [0.2, 0.25) is 0 Å². The van der Waals surface area contributed by atoms with Gasteiger partial charge in [0.25, 0.3) is 5.91 Å². The summed E-state index contributed by atoms with van der Waals surface area (Å²) in [5, 5.41) is 2.95. The van der Waals surface area contributed by atoms with E-state index in [1.54, 1.807) is 18.3 Å². The molecule has 1 saturated carbocycles. The topological polar surface area (TPSA) is 42.0 Å². The van der Waals surface area contributed by atoms with Crippen LogP contribution in [0.4, 0.5) is 0 Å². The maximum Gasteiger partial charge on any atom is 0.254 e. The third-order valence-electron chi connectivity index (χ3n) is 3.23. The summed E-state index contributed by atoms with van der Waals surface area (Å²) in [4.78, 5) is 15.9. The smallest absolute Gasteiger partial charge is 0.254 e. The van der Waals surface area contributed by atoms with E-state index in [4.69, 9.17) is 0 Å². The van der Waals surface area contributed by atoms with Gasteiger partial charge in [0.15, 0.2) is 0 Å². The molecule has 1 heterocycles. The predicted molar refractivity (Wildman–Crippen MR) is 66.2 cm³/mol. The maximum absolute atomic E-state index is 11.8. The van der Waals surface area contributed by atoms with Crippen molar-refractivity contribution >= 4 is 21.8 Å². The van der Waals surface area contributed by atoms with Crippen molar-refractivity contribution in [3.8, 4) is 0 Å². The molecule has 1 N–H and O–H groups in total. The fourth-order valence-electron chi connectivity index (χ4n) is 1.79. The minimum absolute atomic E-state index is 0.0531. The van der Waals surface area contributed by atoms with E-state index in [2.05, 4.69) is 40.1 Å². The highest BCUT2D eigenvalue weighted by molar-refractivity contribution is 9.10. The van der Waals surface area contributed by atoms with Crippen molar-refractivity contribution in [3.05, 3.63) is 28.5 Å². The van der Waals surface area contributed by atoms with Crippen LogP contribution in [0, 0.1) is 11.3 Å². The Bertz CT molecular complexity index is 417. The number of nitrogens with one attached hydrogen (secondary N) is 1. The molecule has 3 nitrogen and oxygen atoms in total. The van der Waals surface area contributed by atoms with E-state index in [1.165, 1.54) is 6.42 Å².